The van der Waals surface area contributed by atoms with Crippen LogP contribution in [0.25, 0.3) is 22.8 Å². The molecule has 0 aliphatic heterocycles. The van der Waals surface area contributed by atoms with Crippen molar-refractivity contribution in [2.24, 2.45) is 0 Å². The third-order valence-electron chi connectivity index (χ3n) is 4.42. The van der Waals surface area contributed by atoms with Crippen LogP contribution in [-0.2, 0) is 6.61 Å². The number of hydrogen-bond acceptors (Lipinski definition) is 6. The van der Waals surface area contributed by atoms with Gasteiger partial charge in [0.1, 0.15) is 12.4 Å². The Bertz CT molecular complexity index is 1210. The molecule has 0 bridgehead atoms. The number of aromatic nitrogens is 2. The van der Waals surface area contributed by atoms with Gasteiger partial charge in [-0.25, -0.2) is 0 Å². The van der Waals surface area contributed by atoms with Crippen LogP contribution in [0, 0.1) is 17.0 Å². The van der Waals surface area contributed by atoms with Gasteiger partial charge in [0.05, 0.1) is 9.95 Å². The van der Waals surface area contributed by atoms with Gasteiger partial charge in [-0.2, -0.15) is 4.98 Å². The summed E-state index contributed by atoms with van der Waals surface area (Å²) in [6.07, 6.45) is 0. The van der Waals surface area contributed by atoms with Crippen molar-refractivity contribution in [3.05, 3.63) is 93.0 Å². The first-order valence-electron chi connectivity index (χ1n) is 9.06. The molecule has 0 radical (unpaired) electrons. The van der Waals surface area contributed by atoms with E-state index in [-0.39, 0.29) is 5.69 Å². The summed E-state index contributed by atoms with van der Waals surface area (Å²) in [5.41, 5.74) is 3.35. The SMILES string of the molecule is Cc1ccc(Cl)c(OCc2cccc(-c3nc(-c4ccc([N+](=O)[O-])cc4)no3)c2)c1. The van der Waals surface area contributed by atoms with Crippen LogP contribution in [0.15, 0.2) is 71.3 Å². The maximum Gasteiger partial charge on any atom is 0.269 e. The van der Waals surface area contributed by atoms with Crippen LogP contribution in [0.1, 0.15) is 11.1 Å². The number of benzene rings is 3. The number of hydrogen-bond donors (Lipinski definition) is 0. The van der Waals surface area contributed by atoms with Crippen molar-refractivity contribution in [1.29, 1.82) is 0 Å². The van der Waals surface area contributed by atoms with Gasteiger partial charge < -0.3 is 9.26 Å². The highest BCUT2D eigenvalue weighted by Crippen LogP contribution is 2.27. The van der Waals surface area contributed by atoms with Crippen LogP contribution >= 0.6 is 11.6 Å². The highest BCUT2D eigenvalue weighted by Gasteiger charge is 2.13. The van der Waals surface area contributed by atoms with Crippen LogP contribution in [0.2, 0.25) is 5.02 Å². The predicted molar refractivity (Wildman–Crippen MR) is 112 cm³/mol. The molecule has 0 saturated carbocycles. The molecule has 0 aliphatic carbocycles. The maximum absolute atomic E-state index is 10.8. The summed E-state index contributed by atoms with van der Waals surface area (Å²) >= 11 is 6.18. The number of nitro groups is 1. The summed E-state index contributed by atoms with van der Waals surface area (Å²) in [5, 5.41) is 15.3. The fraction of sp³-hybridized carbons (Fsp3) is 0.0909. The van der Waals surface area contributed by atoms with E-state index >= 15 is 0 Å². The average molecular weight is 422 g/mol. The number of halogens is 1. The van der Waals surface area contributed by atoms with E-state index in [9.17, 15) is 10.1 Å². The van der Waals surface area contributed by atoms with Gasteiger partial charge in [0.25, 0.3) is 11.6 Å². The van der Waals surface area contributed by atoms with Gasteiger partial charge in [-0.3, -0.25) is 10.1 Å². The van der Waals surface area contributed by atoms with E-state index in [0.717, 1.165) is 16.7 Å². The Kier molecular flexibility index (Phi) is 5.45. The second kappa shape index (κ2) is 8.34. The molecule has 30 heavy (non-hydrogen) atoms. The number of nitrogens with zero attached hydrogens (tertiary/aromatic N) is 3. The van der Waals surface area contributed by atoms with Gasteiger partial charge in [-0.05, 0) is 54.4 Å². The fourth-order valence-electron chi connectivity index (χ4n) is 2.87. The van der Waals surface area contributed by atoms with Gasteiger partial charge >= 0.3 is 0 Å². The monoisotopic (exact) mass is 421 g/mol. The molecule has 0 atom stereocenters. The summed E-state index contributed by atoms with van der Waals surface area (Å²) in [6.45, 7) is 2.31. The highest BCUT2D eigenvalue weighted by molar-refractivity contribution is 6.32. The van der Waals surface area contributed by atoms with E-state index in [0.29, 0.717) is 34.7 Å². The van der Waals surface area contributed by atoms with Crippen LogP contribution in [-0.4, -0.2) is 15.1 Å². The van der Waals surface area contributed by atoms with E-state index in [4.69, 9.17) is 20.9 Å². The van der Waals surface area contributed by atoms with Crippen molar-refractivity contribution in [2.75, 3.05) is 0 Å². The Hall–Kier alpha value is -3.71. The molecule has 0 spiro atoms. The zero-order valence-corrected chi connectivity index (χ0v) is 16.7. The van der Waals surface area contributed by atoms with Gasteiger partial charge in [0.15, 0.2) is 0 Å². The second-order valence-electron chi connectivity index (χ2n) is 6.65. The molecule has 0 amide bonds. The van der Waals surface area contributed by atoms with Crippen molar-refractivity contribution < 1.29 is 14.2 Å². The van der Waals surface area contributed by atoms with Gasteiger partial charge in [-0.15, -0.1) is 0 Å². The predicted octanol–water partition coefficient (Wildman–Crippen LogP) is 5.85. The standard InChI is InChI=1S/C22H16ClN3O4/c1-14-5-10-19(23)20(11-14)29-13-15-3-2-4-17(12-15)22-24-21(25-30-22)16-6-8-18(9-7-16)26(27)28/h2-12H,13H2,1H3. The number of rotatable bonds is 6. The topological polar surface area (TPSA) is 91.3 Å². The Morgan fingerprint density at radius 3 is 2.63 bits per heavy atom. The number of ether oxygens (including phenoxy) is 1. The maximum atomic E-state index is 10.8. The summed E-state index contributed by atoms with van der Waals surface area (Å²) in [5.74, 6) is 1.33. The first-order chi connectivity index (χ1) is 14.5. The van der Waals surface area contributed by atoms with Crippen LogP contribution in [0.3, 0.4) is 0 Å². The smallest absolute Gasteiger partial charge is 0.269 e. The van der Waals surface area contributed by atoms with E-state index in [1.807, 2.05) is 43.3 Å². The van der Waals surface area contributed by atoms with E-state index in [1.165, 1.54) is 12.1 Å². The third kappa shape index (κ3) is 4.31. The fourth-order valence-corrected chi connectivity index (χ4v) is 3.04. The lowest BCUT2D eigenvalue weighted by molar-refractivity contribution is -0.384. The molecule has 4 aromatic rings. The first-order valence-corrected chi connectivity index (χ1v) is 9.44. The zero-order chi connectivity index (χ0) is 21.1. The highest BCUT2D eigenvalue weighted by atomic mass is 35.5. The Labute approximate surface area is 177 Å². The van der Waals surface area contributed by atoms with Crippen molar-refractivity contribution in [1.82, 2.24) is 10.1 Å². The third-order valence-corrected chi connectivity index (χ3v) is 4.73. The molecule has 8 heteroatoms. The Morgan fingerprint density at radius 1 is 1.07 bits per heavy atom. The molecular formula is C22H16ClN3O4. The molecule has 0 saturated heterocycles. The lowest BCUT2D eigenvalue weighted by Gasteiger charge is -2.09. The van der Waals surface area contributed by atoms with E-state index in [1.54, 1.807) is 18.2 Å². The molecule has 150 valence electrons. The summed E-state index contributed by atoms with van der Waals surface area (Å²) < 4.78 is 11.2. The minimum atomic E-state index is -0.455. The van der Waals surface area contributed by atoms with E-state index in [2.05, 4.69) is 10.1 Å². The first kappa shape index (κ1) is 19.6. The van der Waals surface area contributed by atoms with Crippen LogP contribution in [0.5, 0.6) is 5.75 Å². The number of non-ortho nitro benzene ring substituents is 1. The molecule has 1 aromatic heterocycles. The van der Waals surface area contributed by atoms with E-state index < -0.39 is 4.92 Å². The van der Waals surface area contributed by atoms with Crippen molar-refractivity contribution in [3.8, 4) is 28.6 Å². The molecule has 1 heterocycles. The normalized spacial score (nSPS) is 10.7. The minimum absolute atomic E-state index is 0.00360. The lowest BCUT2D eigenvalue weighted by atomic mass is 10.1. The molecule has 0 N–H and O–H groups in total. The van der Waals surface area contributed by atoms with Crippen molar-refractivity contribution >= 4 is 17.3 Å². The zero-order valence-electron chi connectivity index (χ0n) is 15.9. The summed E-state index contributed by atoms with van der Waals surface area (Å²) in [7, 11) is 0. The molecule has 0 aliphatic rings. The number of aryl methyl sites for hydroxylation is 1. The molecular weight excluding hydrogens is 406 g/mol. The minimum Gasteiger partial charge on any atom is -0.487 e. The van der Waals surface area contributed by atoms with Crippen molar-refractivity contribution in [3.63, 3.8) is 0 Å². The van der Waals surface area contributed by atoms with Gasteiger partial charge in [0, 0.05) is 23.3 Å². The molecule has 7 nitrogen and oxygen atoms in total. The molecule has 4 rings (SSSR count). The molecule has 0 unspecified atom stereocenters. The summed E-state index contributed by atoms with van der Waals surface area (Å²) in [4.78, 5) is 14.7. The molecule has 3 aromatic carbocycles. The largest absolute Gasteiger partial charge is 0.487 e. The van der Waals surface area contributed by atoms with Crippen molar-refractivity contribution in [2.45, 2.75) is 13.5 Å². The van der Waals surface area contributed by atoms with Crippen LogP contribution in [0.4, 0.5) is 5.69 Å². The Morgan fingerprint density at radius 2 is 1.87 bits per heavy atom. The van der Waals surface area contributed by atoms with Gasteiger partial charge in [0.2, 0.25) is 5.82 Å². The number of nitro benzene ring substituents is 1. The quantitative estimate of drug-likeness (QED) is 0.286. The Balaban J connectivity index is 1.51. The van der Waals surface area contributed by atoms with Gasteiger partial charge in [-0.1, -0.05) is 35.0 Å². The van der Waals surface area contributed by atoms with Crippen LogP contribution < -0.4 is 4.74 Å². The average Bonchev–Trinajstić information content (AvgIpc) is 3.25. The molecule has 0 fully saturated rings. The lowest BCUT2D eigenvalue weighted by Crippen LogP contribution is -1.96. The summed E-state index contributed by atoms with van der Waals surface area (Å²) in [6, 6.07) is 19.2. The second-order valence-corrected chi connectivity index (χ2v) is 7.06.